The zero-order valence-electron chi connectivity index (χ0n) is 13.1. The zero-order valence-corrected chi connectivity index (χ0v) is 14.6. The molecule has 1 aliphatic rings. The van der Waals surface area contributed by atoms with Gasteiger partial charge in [-0.05, 0) is 36.4 Å². The molecule has 0 N–H and O–H groups in total. The van der Waals surface area contributed by atoms with E-state index in [1.807, 2.05) is 0 Å². The number of benzene rings is 2. The first-order valence-electron chi connectivity index (χ1n) is 7.62. The number of carbonyl (C=O) groups is 2. The average Bonchev–Trinajstić information content (AvgIpc) is 2.97. The van der Waals surface area contributed by atoms with Gasteiger partial charge in [0.05, 0.1) is 0 Å². The van der Waals surface area contributed by atoms with Crippen molar-refractivity contribution in [2.45, 2.75) is 13.0 Å². The van der Waals surface area contributed by atoms with Gasteiger partial charge in [0.15, 0.2) is 0 Å². The predicted molar refractivity (Wildman–Crippen MR) is 92.7 cm³/mol. The van der Waals surface area contributed by atoms with E-state index < -0.39 is 11.9 Å². The Morgan fingerprint density at radius 3 is 2.36 bits per heavy atom. The number of aliphatic carboxylic acids is 1. The molecule has 2 aromatic carbocycles. The summed E-state index contributed by atoms with van der Waals surface area (Å²) in [6.45, 7) is 0.337. The second-order valence-corrected chi connectivity index (χ2v) is 6.52. The molecule has 25 heavy (non-hydrogen) atoms. The van der Waals surface area contributed by atoms with E-state index in [4.69, 9.17) is 27.9 Å². The molecule has 130 valence electrons. The highest BCUT2D eigenvalue weighted by Gasteiger charge is 2.31. The van der Waals surface area contributed by atoms with E-state index in [0.717, 1.165) is 0 Å². The van der Waals surface area contributed by atoms with Gasteiger partial charge in [0.25, 0.3) is 0 Å². The molecule has 5 nitrogen and oxygen atoms in total. The summed E-state index contributed by atoms with van der Waals surface area (Å²) in [5, 5.41) is 12.0. The second-order valence-electron chi connectivity index (χ2n) is 5.71. The SMILES string of the molecule is O=C([O-])[C@@H]1CC(=O)N(c2ccc(OCc3c(Cl)cccc3Cl)cc2)C1. The van der Waals surface area contributed by atoms with Gasteiger partial charge < -0.3 is 19.5 Å². The quantitative estimate of drug-likeness (QED) is 0.801. The normalized spacial score (nSPS) is 17.0. The number of hydrogen-bond acceptors (Lipinski definition) is 4. The Labute approximate surface area is 154 Å². The fourth-order valence-electron chi connectivity index (χ4n) is 2.66. The predicted octanol–water partition coefficient (Wildman–Crippen LogP) is 2.68. The number of nitrogens with zero attached hydrogens (tertiary/aromatic N) is 1. The van der Waals surface area contributed by atoms with Crippen LogP contribution in [-0.4, -0.2) is 18.4 Å². The van der Waals surface area contributed by atoms with Crippen LogP contribution in [0.4, 0.5) is 5.69 Å². The van der Waals surface area contributed by atoms with Crippen molar-refractivity contribution in [3.63, 3.8) is 0 Å². The molecule has 0 saturated carbocycles. The van der Waals surface area contributed by atoms with E-state index in [2.05, 4.69) is 0 Å². The van der Waals surface area contributed by atoms with E-state index >= 15 is 0 Å². The maximum Gasteiger partial charge on any atom is 0.227 e. The third-order valence-electron chi connectivity index (χ3n) is 4.05. The van der Waals surface area contributed by atoms with Crippen molar-refractivity contribution in [3.05, 3.63) is 58.1 Å². The highest BCUT2D eigenvalue weighted by Crippen LogP contribution is 2.28. The fourth-order valence-corrected chi connectivity index (χ4v) is 3.17. The molecule has 1 aliphatic heterocycles. The maximum absolute atomic E-state index is 11.9. The largest absolute Gasteiger partial charge is 0.550 e. The number of carbonyl (C=O) groups excluding carboxylic acids is 2. The fraction of sp³-hybridized carbons (Fsp3) is 0.222. The molecule has 2 aromatic rings. The Morgan fingerprint density at radius 1 is 1.16 bits per heavy atom. The van der Waals surface area contributed by atoms with Crippen molar-refractivity contribution in [3.8, 4) is 5.75 Å². The van der Waals surface area contributed by atoms with Crippen LogP contribution in [0.1, 0.15) is 12.0 Å². The molecule has 3 rings (SSSR count). The lowest BCUT2D eigenvalue weighted by molar-refractivity contribution is -0.310. The number of anilines is 1. The van der Waals surface area contributed by atoms with Gasteiger partial charge in [0.1, 0.15) is 12.4 Å². The van der Waals surface area contributed by atoms with Gasteiger partial charge in [-0.15, -0.1) is 0 Å². The number of carboxylic acids is 1. The van der Waals surface area contributed by atoms with Gasteiger partial charge >= 0.3 is 0 Å². The molecule has 7 heteroatoms. The van der Waals surface area contributed by atoms with Crippen LogP contribution in [0.15, 0.2) is 42.5 Å². The van der Waals surface area contributed by atoms with Gasteiger partial charge in [-0.3, -0.25) is 4.79 Å². The van der Waals surface area contributed by atoms with E-state index in [9.17, 15) is 14.7 Å². The Bertz CT molecular complexity index is 787. The minimum absolute atomic E-state index is 0.0361. The van der Waals surface area contributed by atoms with Crippen LogP contribution in [0.25, 0.3) is 0 Å². The first-order chi connectivity index (χ1) is 12.0. The number of amides is 1. The van der Waals surface area contributed by atoms with Gasteiger partial charge in [-0.2, -0.15) is 0 Å². The Balaban J connectivity index is 1.67. The summed E-state index contributed by atoms with van der Waals surface area (Å²) in [6.07, 6.45) is -0.0361. The van der Waals surface area contributed by atoms with Gasteiger partial charge in [0.2, 0.25) is 5.91 Å². The van der Waals surface area contributed by atoms with Gasteiger partial charge in [-0.1, -0.05) is 29.3 Å². The third-order valence-corrected chi connectivity index (χ3v) is 4.76. The molecule has 1 fully saturated rings. The van der Waals surface area contributed by atoms with Crippen LogP contribution >= 0.6 is 23.2 Å². The third kappa shape index (κ3) is 3.89. The van der Waals surface area contributed by atoms with Gasteiger partial charge in [-0.25, -0.2) is 0 Å². The summed E-state index contributed by atoms with van der Waals surface area (Å²) in [6, 6.07) is 12.1. The lowest BCUT2D eigenvalue weighted by atomic mass is 10.1. The van der Waals surface area contributed by atoms with Crippen molar-refractivity contribution in [2.75, 3.05) is 11.4 Å². The van der Waals surface area contributed by atoms with E-state index in [1.54, 1.807) is 42.5 Å². The summed E-state index contributed by atoms with van der Waals surface area (Å²) >= 11 is 12.2. The van der Waals surface area contributed by atoms with Crippen molar-refractivity contribution < 1.29 is 19.4 Å². The molecule has 0 unspecified atom stereocenters. The number of hydrogen-bond donors (Lipinski definition) is 0. The summed E-state index contributed by atoms with van der Waals surface area (Å²) in [5.74, 6) is -1.62. The Hall–Kier alpha value is -2.24. The highest BCUT2D eigenvalue weighted by atomic mass is 35.5. The second kappa shape index (κ2) is 7.33. The van der Waals surface area contributed by atoms with E-state index in [-0.39, 0.29) is 25.5 Å². The topological polar surface area (TPSA) is 69.7 Å². The number of rotatable bonds is 5. The van der Waals surface area contributed by atoms with Crippen LogP contribution in [-0.2, 0) is 16.2 Å². The smallest absolute Gasteiger partial charge is 0.227 e. The number of halogens is 2. The highest BCUT2D eigenvalue weighted by molar-refractivity contribution is 6.35. The summed E-state index contributed by atoms with van der Waals surface area (Å²) in [5.41, 5.74) is 1.32. The summed E-state index contributed by atoms with van der Waals surface area (Å²) < 4.78 is 5.68. The summed E-state index contributed by atoms with van der Waals surface area (Å²) in [7, 11) is 0. The molecule has 0 aromatic heterocycles. The molecule has 0 spiro atoms. The lowest BCUT2D eigenvalue weighted by Crippen LogP contribution is -2.33. The van der Waals surface area contributed by atoms with E-state index in [1.165, 1.54) is 4.90 Å². The van der Waals surface area contributed by atoms with Crippen LogP contribution in [0.5, 0.6) is 5.75 Å². The monoisotopic (exact) mass is 378 g/mol. The lowest BCUT2D eigenvalue weighted by Gasteiger charge is -2.17. The minimum atomic E-state index is -1.20. The molecule has 1 saturated heterocycles. The van der Waals surface area contributed by atoms with Crippen molar-refractivity contribution in [2.24, 2.45) is 5.92 Å². The molecular formula is C18H14Cl2NO4-. The Morgan fingerprint density at radius 2 is 1.80 bits per heavy atom. The van der Waals surface area contributed by atoms with Crippen LogP contribution < -0.4 is 14.7 Å². The molecule has 0 aliphatic carbocycles. The maximum atomic E-state index is 11.9. The van der Waals surface area contributed by atoms with Crippen LogP contribution in [0.3, 0.4) is 0 Å². The van der Waals surface area contributed by atoms with Crippen LogP contribution in [0.2, 0.25) is 10.0 Å². The Kier molecular flexibility index (Phi) is 5.16. The molecule has 0 radical (unpaired) electrons. The number of ether oxygens (including phenoxy) is 1. The number of carboxylic acid groups (broad SMARTS) is 1. The van der Waals surface area contributed by atoms with Crippen molar-refractivity contribution in [1.82, 2.24) is 0 Å². The first kappa shape index (κ1) is 17.6. The van der Waals surface area contributed by atoms with Gasteiger partial charge in [0, 0.05) is 46.1 Å². The summed E-state index contributed by atoms with van der Waals surface area (Å²) in [4.78, 5) is 24.3. The van der Waals surface area contributed by atoms with E-state index in [0.29, 0.717) is 27.0 Å². The zero-order chi connectivity index (χ0) is 18.0. The molecule has 1 atom stereocenters. The van der Waals surface area contributed by atoms with Crippen molar-refractivity contribution in [1.29, 1.82) is 0 Å². The first-order valence-corrected chi connectivity index (χ1v) is 8.38. The molecule has 0 bridgehead atoms. The van der Waals surface area contributed by atoms with Crippen molar-refractivity contribution >= 4 is 40.8 Å². The molecule has 1 amide bonds. The van der Waals surface area contributed by atoms with Crippen LogP contribution in [0, 0.1) is 5.92 Å². The standard InChI is InChI=1S/C18H15Cl2NO4/c19-15-2-1-3-16(20)14(15)10-25-13-6-4-12(5-7-13)21-9-11(18(23)24)8-17(21)22/h1-7,11H,8-10H2,(H,23,24)/p-1/t11-/m1/s1. The minimum Gasteiger partial charge on any atom is -0.550 e. The average molecular weight is 379 g/mol. The molecular weight excluding hydrogens is 365 g/mol. The molecule has 1 heterocycles.